The molecule has 7 heavy (non-hydrogen) atoms. The van der Waals surface area contributed by atoms with Gasteiger partial charge in [0.25, 0.3) is 0 Å². The third kappa shape index (κ3) is 6.27. The Morgan fingerprint density at radius 3 is 2.43 bits per heavy atom. The predicted molar refractivity (Wildman–Crippen MR) is 28.8 cm³/mol. The van der Waals surface area contributed by atoms with Gasteiger partial charge in [-0.3, -0.25) is 0 Å². The van der Waals surface area contributed by atoms with Crippen molar-refractivity contribution in [3.05, 3.63) is 0 Å². The summed E-state index contributed by atoms with van der Waals surface area (Å²) in [7, 11) is 0. The molecule has 0 unspecified atom stereocenters. The molecule has 0 bridgehead atoms. The summed E-state index contributed by atoms with van der Waals surface area (Å²) in [6, 6.07) is 0. The Kier molecular flexibility index (Phi) is 4.60. The van der Waals surface area contributed by atoms with Gasteiger partial charge >= 0.3 is 55.7 Å². The minimum absolute atomic E-state index is 0.348. The molecule has 0 aromatic carbocycles. The Balaban J connectivity index is 2.82. The second kappa shape index (κ2) is 4.43. The van der Waals surface area contributed by atoms with Crippen LogP contribution in [0.4, 0.5) is 0 Å². The third-order valence-electron chi connectivity index (χ3n) is 0.595. The average Bonchev–Trinajstić information content (AvgIpc) is 1.61. The van der Waals surface area contributed by atoms with Crippen LogP contribution in [0.5, 0.6) is 0 Å². The number of hydrogen-bond donors (Lipinski definition) is 1. The van der Waals surface area contributed by atoms with Crippen molar-refractivity contribution >= 4 is 28.5 Å². The number of carboxylic acids is 1. The molecule has 0 amide bonds. The summed E-state index contributed by atoms with van der Waals surface area (Å²) in [5.41, 5.74) is 0. The molecule has 2 radical (unpaired) electrons. The molecule has 0 saturated carbocycles. The van der Waals surface area contributed by atoms with Crippen molar-refractivity contribution in [1.29, 1.82) is 0 Å². The Hall–Kier alpha value is 0.269. The first-order chi connectivity index (χ1) is 3.27. The van der Waals surface area contributed by atoms with E-state index in [1.165, 1.54) is 22.5 Å². The number of hydrogen-bond acceptors (Lipinski definition) is 1. The van der Waals surface area contributed by atoms with Gasteiger partial charge in [-0.2, -0.15) is 0 Å². The van der Waals surface area contributed by atoms with Crippen molar-refractivity contribution in [3.8, 4) is 0 Å². The van der Waals surface area contributed by atoms with Gasteiger partial charge in [-0.25, -0.2) is 0 Å². The Morgan fingerprint density at radius 2 is 2.29 bits per heavy atom. The van der Waals surface area contributed by atoms with Gasteiger partial charge in [0.1, 0.15) is 0 Å². The van der Waals surface area contributed by atoms with Crippen LogP contribution in [0.3, 0.4) is 0 Å². The van der Waals surface area contributed by atoms with Gasteiger partial charge in [-0.1, -0.05) is 0 Å². The van der Waals surface area contributed by atoms with Gasteiger partial charge in [-0.05, 0) is 0 Å². The van der Waals surface area contributed by atoms with Crippen molar-refractivity contribution < 1.29 is 9.90 Å². The fourth-order valence-corrected chi connectivity index (χ4v) is 0.836. The van der Waals surface area contributed by atoms with Crippen LogP contribution in [-0.2, 0) is 4.79 Å². The van der Waals surface area contributed by atoms with E-state index >= 15 is 0 Å². The van der Waals surface area contributed by atoms with Crippen molar-refractivity contribution in [2.45, 2.75) is 17.3 Å². The molecule has 0 fully saturated rings. The summed E-state index contributed by atoms with van der Waals surface area (Å²) < 4.78 is 1.09. The summed E-state index contributed by atoms with van der Waals surface area (Å²) in [4.78, 5) is 9.77. The second-order valence-electron chi connectivity index (χ2n) is 1.29. The molecule has 3 heteroatoms. The van der Waals surface area contributed by atoms with Crippen molar-refractivity contribution in [3.63, 3.8) is 0 Å². The first-order valence-electron chi connectivity index (χ1n) is 2.19. The predicted octanol–water partition coefficient (Wildman–Crippen LogP) is 0.170. The summed E-state index contributed by atoms with van der Waals surface area (Å²) in [6.07, 6.45) is 1.21. The number of rotatable bonds is 3. The molecule has 0 heterocycles. The zero-order chi connectivity index (χ0) is 5.70. The van der Waals surface area contributed by atoms with Crippen LogP contribution < -0.4 is 0 Å². The molecule has 0 rings (SSSR count). The van der Waals surface area contributed by atoms with Gasteiger partial charge in [0, 0.05) is 0 Å². The van der Waals surface area contributed by atoms with E-state index in [1.54, 1.807) is 0 Å². The fourth-order valence-electron chi connectivity index (χ4n) is 0.253. The van der Waals surface area contributed by atoms with E-state index in [-0.39, 0.29) is 0 Å². The van der Waals surface area contributed by atoms with Crippen molar-refractivity contribution in [2.75, 3.05) is 0 Å². The molecule has 0 aliphatic carbocycles. The van der Waals surface area contributed by atoms with E-state index in [4.69, 9.17) is 5.11 Å². The van der Waals surface area contributed by atoms with E-state index in [9.17, 15) is 4.79 Å². The maximum absolute atomic E-state index is 9.77. The fraction of sp³-hybridized carbons (Fsp3) is 0.750. The summed E-state index contributed by atoms with van der Waals surface area (Å²) in [5.74, 6) is -0.672. The van der Waals surface area contributed by atoms with E-state index in [2.05, 4.69) is 0 Å². The third-order valence-corrected chi connectivity index (χ3v) is 1.76. The topological polar surface area (TPSA) is 37.3 Å². The molecule has 0 aliphatic heterocycles. The molecule has 0 aromatic heterocycles. The molecule has 40 valence electrons. The first kappa shape index (κ1) is 7.27. The summed E-state index contributed by atoms with van der Waals surface area (Å²) in [5, 5.41) is 8.06. The number of carbonyl (C=O) groups is 1. The van der Waals surface area contributed by atoms with Crippen LogP contribution in [0.1, 0.15) is 12.8 Å². The Bertz CT molecular complexity index is 62.7. The van der Waals surface area contributed by atoms with Gasteiger partial charge < -0.3 is 0 Å². The summed E-state index contributed by atoms with van der Waals surface area (Å²) in [6.45, 7) is 0. The molecule has 1 N–H and O–H groups in total. The van der Waals surface area contributed by atoms with E-state index in [1.807, 2.05) is 0 Å². The number of carboxylic acid groups (broad SMARTS) is 1. The van der Waals surface area contributed by atoms with Crippen LogP contribution in [0.15, 0.2) is 0 Å². The zero-order valence-corrected chi connectivity index (χ0v) is 7.35. The molecule has 0 spiro atoms. The standard InChI is InChI=1S/C4H7O2.Sn.H/c1-2-3-4(5)6;;/h1-3H2,(H,5,6);;. The van der Waals surface area contributed by atoms with Crippen molar-refractivity contribution in [2.24, 2.45) is 0 Å². The van der Waals surface area contributed by atoms with Crippen LogP contribution in [0.25, 0.3) is 0 Å². The van der Waals surface area contributed by atoms with Crippen molar-refractivity contribution in [1.82, 2.24) is 0 Å². The second-order valence-corrected chi connectivity index (χ2v) is 2.93. The molecule has 0 saturated heterocycles. The van der Waals surface area contributed by atoms with Gasteiger partial charge in [-0.15, -0.1) is 0 Å². The number of aliphatic carboxylic acids is 1. The monoisotopic (exact) mass is 208 g/mol. The molecular formula is C4H8O2Sn. The van der Waals surface area contributed by atoms with Gasteiger partial charge in [0.2, 0.25) is 0 Å². The molecule has 2 nitrogen and oxygen atoms in total. The quantitative estimate of drug-likeness (QED) is 0.669. The van der Waals surface area contributed by atoms with Crippen LogP contribution in [0.2, 0.25) is 4.44 Å². The normalized spacial score (nSPS) is 8.71. The average molecular weight is 207 g/mol. The SMILES string of the molecule is O=C(O)CC[CH2][SnH]. The molecular weight excluding hydrogens is 199 g/mol. The van der Waals surface area contributed by atoms with E-state index < -0.39 is 5.97 Å². The van der Waals surface area contributed by atoms with Crippen LogP contribution in [-0.4, -0.2) is 33.6 Å². The van der Waals surface area contributed by atoms with E-state index in [0.717, 1.165) is 10.9 Å². The van der Waals surface area contributed by atoms with Crippen LogP contribution >= 0.6 is 0 Å². The molecule has 0 aliphatic rings. The van der Waals surface area contributed by atoms with Gasteiger partial charge in [0.15, 0.2) is 0 Å². The minimum atomic E-state index is -0.672. The molecule has 0 atom stereocenters. The van der Waals surface area contributed by atoms with Crippen LogP contribution in [0, 0.1) is 0 Å². The zero-order valence-electron chi connectivity index (χ0n) is 4.05. The summed E-state index contributed by atoms with van der Waals surface area (Å²) >= 11 is 1.19. The molecule has 0 aromatic rings. The van der Waals surface area contributed by atoms with Gasteiger partial charge in [0.05, 0.1) is 0 Å². The van der Waals surface area contributed by atoms with E-state index in [0.29, 0.717) is 6.42 Å². The first-order valence-corrected chi connectivity index (χ1v) is 4.52. The Morgan fingerprint density at radius 1 is 1.71 bits per heavy atom. The Labute approximate surface area is 56.0 Å². The maximum atomic E-state index is 9.77.